The number of hydrogen-bond acceptors (Lipinski definition) is 4. The summed E-state index contributed by atoms with van der Waals surface area (Å²) in [5.41, 5.74) is 4.60. The Kier molecular flexibility index (Phi) is 6.78. The van der Waals surface area contributed by atoms with Crippen LogP contribution in [0.25, 0.3) is 0 Å². The van der Waals surface area contributed by atoms with Gasteiger partial charge in [0, 0.05) is 0 Å². The lowest BCUT2D eigenvalue weighted by atomic mass is 9.90. The van der Waals surface area contributed by atoms with Gasteiger partial charge >= 0.3 is 0 Å². The highest BCUT2D eigenvalue weighted by Crippen LogP contribution is 2.14. The van der Waals surface area contributed by atoms with Crippen LogP contribution in [0.1, 0.15) is 27.2 Å². The molecule has 3 N–H and O–H groups in total. The first kappa shape index (κ1) is 15.9. The topological polar surface area (TPSA) is 82.2 Å². The first-order chi connectivity index (χ1) is 7.85. The lowest BCUT2D eigenvalue weighted by Gasteiger charge is -2.28. The van der Waals surface area contributed by atoms with Gasteiger partial charge in [0.1, 0.15) is 5.54 Å². The number of carbonyl (C=O) groups excluding carboxylic acids is 1. The van der Waals surface area contributed by atoms with Crippen LogP contribution >= 0.6 is 0 Å². The Hall–Kier alpha value is -1.12. The maximum atomic E-state index is 11.8. The zero-order chi connectivity index (χ0) is 13.5. The summed E-state index contributed by atoms with van der Waals surface area (Å²) in [6.45, 7) is 7.28. The minimum atomic E-state index is -0.800. The largest absolute Gasteiger partial charge is 0.337 e. The molecule has 17 heavy (non-hydrogen) atoms. The fourth-order valence-electron chi connectivity index (χ4n) is 1.32. The highest BCUT2D eigenvalue weighted by Gasteiger charge is 2.29. The van der Waals surface area contributed by atoms with Gasteiger partial charge in [-0.15, -0.1) is 0 Å². The van der Waals surface area contributed by atoms with E-state index in [1.165, 1.54) is 0 Å². The monoisotopic (exact) mass is 240 g/mol. The lowest BCUT2D eigenvalue weighted by Crippen LogP contribution is -2.51. The molecule has 0 aromatic heterocycles. The smallest absolute Gasteiger partial charge is 0.235 e. The Morgan fingerprint density at radius 2 is 2.18 bits per heavy atom. The van der Waals surface area contributed by atoms with E-state index in [0.717, 1.165) is 13.0 Å². The van der Waals surface area contributed by atoms with Crippen LogP contribution in [0.2, 0.25) is 0 Å². The van der Waals surface area contributed by atoms with Crippen LogP contribution in [0.4, 0.5) is 0 Å². The average Bonchev–Trinajstić information content (AvgIpc) is 2.25. The second-order valence-electron chi connectivity index (χ2n) is 4.90. The molecular weight excluding hydrogens is 216 g/mol. The predicted molar refractivity (Wildman–Crippen MR) is 68.2 cm³/mol. The SMILES string of the molecule is CC(C)C(C)(C#N)NC(=O)CN(C)CCCN. The summed E-state index contributed by atoms with van der Waals surface area (Å²) in [7, 11) is 1.87. The summed E-state index contributed by atoms with van der Waals surface area (Å²) in [4.78, 5) is 13.7. The average molecular weight is 240 g/mol. The van der Waals surface area contributed by atoms with Crippen LogP contribution in [0.5, 0.6) is 0 Å². The van der Waals surface area contributed by atoms with Gasteiger partial charge in [-0.3, -0.25) is 9.69 Å². The van der Waals surface area contributed by atoms with Crippen molar-refractivity contribution >= 4 is 5.91 Å². The third kappa shape index (κ3) is 5.66. The van der Waals surface area contributed by atoms with E-state index in [2.05, 4.69) is 11.4 Å². The van der Waals surface area contributed by atoms with E-state index in [1.807, 2.05) is 25.8 Å². The minimum Gasteiger partial charge on any atom is -0.337 e. The van der Waals surface area contributed by atoms with Crippen molar-refractivity contribution in [1.29, 1.82) is 5.26 Å². The summed E-state index contributed by atoms with van der Waals surface area (Å²) >= 11 is 0. The van der Waals surface area contributed by atoms with Gasteiger partial charge in [0.25, 0.3) is 0 Å². The first-order valence-corrected chi connectivity index (χ1v) is 5.96. The summed E-state index contributed by atoms with van der Waals surface area (Å²) in [5.74, 6) is -0.0481. The molecule has 0 aliphatic carbocycles. The molecule has 0 heterocycles. The number of hydrogen-bond donors (Lipinski definition) is 2. The van der Waals surface area contributed by atoms with E-state index < -0.39 is 5.54 Å². The summed E-state index contributed by atoms with van der Waals surface area (Å²) in [5, 5.41) is 11.9. The van der Waals surface area contributed by atoms with E-state index in [-0.39, 0.29) is 11.8 Å². The molecule has 0 rings (SSSR count). The van der Waals surface area contributed by atoms with Crippen molar-refractivity contribution < 1.29 is 4.79 Å². The summed E-state index contributed by atoms with van der Waals surface area (Å²) in [6.07, 6.45) is 0.865. The predicted octanol–water partition coefficient (Wildman–Crippen LogP) is 0.321. The molecule has 0 saturated carbocycles. The van der Waals surface area contributed by atoms with E-state index >= 15 is 0 Å². The Labute approximate surface area is 104 Å². The van der Waals surface area contributed by atoms with Gasteiger partial charge < -0.3 is 11.1 Å². The number of amides is 1. The molecule has 1 atom stereocenters. The van der Waals surface area contributed by atoms with Crippen molar-refractivity contribution in [2.75, 3.05) is 26.7 Å². The number of nitriles is 1. The molecular formula is C12H24N4O. The molecule has 1 unspecified atom stereocenters. The third-order valence-corrected chi connectivity index (χ3v) is 2.94. The van der Waals surface area contributed by atoms with Crippen molar-refractivity contribution in [3.8, 4) is 6.07 Å². The van der Waals surface area contributed by atoms with E-state index in [0.29, 0.717) is 13.1 Å². The van der Waals surface area contributed by atoms with Gasteiger partial charge in [-0.25, -0.2) is 0 Å². The number of nitrogens with zero attached hydrogens (tertiary/aromatic N) is 2. The fourth-order valence-corrected chi connectivity index (χ4v) is 1.32. The molecule has 1 amide bonds. The Morgan fingerprint density at radius 1 is 1.59 bits per heavy atom. The van der Waals surface area contributed by atoms with Crippen LogP contribution in [0.15, 0.2) is 0 Å². The van der Waals surface area contributed by atoms with Crippen LogP contribution in [0, 0.1) is 17.2 Å². The molecule has 0 radical (unpaired) electrons. The van der Waals surface area contributed by atoms with Gasteiger partial charge in [-0.05, 0) is 39.4 Å². The second-order valence-corrected chi connectivity index (χ2v) is 4.90. The van der Waals surface area contributed by atoms with Crippen LogP contribution in [0.3, 0.4) is 0 Å². The zero-order valence-corrected chi connectivity index (χ0v) is 11.3. The molecule has 0 aliphatic heterocycles. The quantitative estimate of drug-likeness (QED) is 0.671. The number of likely N-dealkylation sites (N-methyl/N-ethyl adjacent to an activating group) is 1. The molecule has 5 nitrogen and oxygen atoms in total. The van der Waals surface area contributed by atoms with Crippen molar-refractivity contribution in [1.82, 2.24) is 10.2 Å². The molecule has 0 bridgehead atoms. The zero-order valence-electron chi connectivity index (χ0n) is 11.3. The molecule has 98 valence electrons. The number of carbonyl (C=O) groups is 1. The normalized spacial score (nSPS) is 14.5. The van der Waals surface area contributed by atoms with Gasteiger partial charge in [-0.1, -0.05) is 13.8 Å². The molecule has 0 saturated heterocycles. The lowest BCUT2D eigenvalue weighted by molar-refractivity contribution is -0.123. The van der Waals surface area contributed by atoms with Gasteiger partial charge in [0.05, 0.1) is 12.6 Å². The van der Waals surface area contributed by atoms with E-state index in [9.17, 15) is 4.79 Å². The Bertz CT molecular complexity index is 285. The third-order valence-electron chi connectivity index (χ3n) is 2.94. The molecule has 5 heteroatoms. The maximum Gasteiger partial charge on any atom is 0.235 e. The molecule has 0 aliphatic rings. The van der Waals surface area contributed by atoms with Crippen LogP contribution in [-0.4, -0.2) is 43.0 Å². The molecule has 0 aromatic rings. The minimum absolute atomic E-state index is 0.0748. The molecule has 0 spiro atoms. The van der Waals surface area contributed by atoms with Gasteiger partial charge in [0.15, 0.2) is 0 Å². The summed E-state index contributed by atoms with van der Waals surface area (Å²) in [6, 6.07) is 2.15. The van der Waals surface area contributed by atoms with Crippen LogP contribution < -0.4 is 11.1 Å². The van der Waals surface area contributed by atoms with Crippen molar-refractivity contribution in [3.63, 3.8) is 0 Å². The van der Waals surface area contributed by atoms with Crippen LogP contribution in [-0.2, 0) is 4.79 Å². The van der Waals surface area contributed by atoms with E-state index in [1.54, 1.807) is 6.92 Å². The number of rotatable bonds is 7. The molecule has 0 fully saturated rings. The van der Waals surface area contributed by atoms with E-state index in [4.69, 9.17) is 11.0 Å². The Balaban J connectivity index is 4.22. The second kappa shape index (κ2) is 7.25. The highest BCUT2D eigenvalue weighted by atomic mass is 16.2. The highest BCUT2D eigenvalue weighted by molar-refractivity contribution is 5.79. The maximum absolute atomic E-state index is 11.8. The fraction of sp³-hybridized carbons (Fsp3) is 0.833. The first-order valence-electron chi connectivity index (χ1n) is 5.96. The molecule has 0 aromatic carbocycles. The Morgan fingerprint density at radius 3 is 2.59 bits per heavy atom. The standard InChI is InChI=1S/C12H24N4O/c1-10(2)12(3,9-14)15-11(17)8-16(4)7-5-6-13/h10H,5-8,13H2,1-4H3,(H,15,17). The van der Waals surface area contributed by atoms with Crippen molar-refractivity contribution in [3.05, 3.63) is 0 Å². The van der Waals surface area contributed by atoms with Crippen molar-refractivity contribution in [2.24, 2.45) is 11.7 Å². The van der Waals surface area contributed by atoms with Gasteiger partial charge in [-0.2, -0.15) is 5.26 Å². The van der Waals surface area contributed by atoms with Gasteiger partial charge in [0.2, 0.25) is 5.91 Å². The number of nitrogens with two attached hydrogens (primary N) is 1. The number of nitrogens with one attached hydrogen (secondary N) is 1. The van der Waals surface area contributed by atoms with Crippen molar-refractivity contribution in [2.45, 2.75) is 32.7 Å². The summed E-state index contributed by atoms with van der Waals surface area (Å²) < 4.78 is 0.